The van der Waals surface area contributed by atoms with Crippen molar-refractivity contribution in [3.8, 4) is 33.9 Å². The summed E-state index contributed by atoms with van der Waals surface area (Å²) in [5, 5.41) is 8.50. The first-order chi connectivity index (χ1) is 21.2. The number of benzene rings is 5. The number of hydrogen-bond donors (Lipinski definition) is 2. The smallest absolute Gasteiger partial charge is 0.216 e. The Bertz CT molecular complexity index is 1970. The monoisotopic (exact) mass is 557 g/mol. The molecule has 0 bridgehead atoms. The van der Waals surface area contributed by atoms with Gasteiger partial charge in [0, 0.05) is 28.5 Å². The molecular weight excluding hydrogens is 530 g/mol. The van der Waals surface area contributed by atoms with E-state index in [2.05, 4.69) is 72.8 Å². The van der Waals surface area contributed by atoms with E-state index < -0.39 is 11.6 Å². The van der Waals surface area contributed by atoms with Crippen LogP contribution < -0.4 is 10.5 Å². The molecule has 2 heterocycles. The number of pyridine rings is 1. The van der Waals surface area contributed by atoms with Crippen LogP contribution in [0.3, 0.4) is 0 Å². The molecule has 2 aliphatic rings. The molecule has 1 spiro atoms. The first-order valence-corrected chi connectivity index (χ1v) is 14.3. The highest BCUT2D eigenvalue weighted by molar-refractivity contribution is 5.92. The molecule has 206 valence electrons. The van der Waals surface area contributed by atoms with Gasteiger partial charge < -0.3 is 9.47 Å². The van der Waals surface area contributed by atoms with Crippen molar-refractivity contribution in [3.05, 3.63) is 173 Å². The quantitative estimate of drug-likeness (QED) is 0.130. The van der Waals surface area contributed by atoms with E-state index in [1.807, 2.05) is 60.7 Å². The van der Waals surface area contributed by atoms with Gasteiger partial charge in [-0.25, -0.2) is 0 Å². The normalized spacial score (nSPS) is 14.1. The molecule has 6 aromatic rings. The van der Waals surface area contributed by atoms with E-state index in [1.165, 1.54) is 22.3 Å². The molecule has 8 rings (SSSR count). The summed E-state index contributed by atoms with van der Waals surface area (Å²) in [6.45, 7) is 0. The van der Waals surface area contributed by atoms with Crippen LogP contribution in [0.1, 0.15) is 39.6 Å². The number of nitrogens with one attached hydrogen (secondary N) is 1. The molecule has 0 fully saturated rings. The fourth-order valence-electron chi connectivity index (χ4n) is 6.67. The molecule has 43 heavy (non-hydrogen) atoms. The lowest BCUT2D eigenvalue weighted by molar-refractivity contribution is 0.199. The standard InChI is InChI=1S/C38H27N3O2/c39-36(24-11-2-1-3-12-24)43-37(40)25-21-22-33(41-23-25)28-15-10-19-32-35(28)42-34-20-9-8-18-31(34)38(32)29-16-6-4-13-26(29)27-14-5-7-17-30(27)38/h1-23,36,40H,39H2. The third-order valence-electron chi connectivity index (χ3n) is 8.55. The van der Waals surface area contributed by atoms with Crippen LogP contribution in [0.15, 0.2) is 140 Å². The van der Waals surface area contributed by atoms with E-state index in [0.29, 0.717) is 5.56 Å². The summed E-state index contributed by atoms with van der Waals surface area (Å²) >= 11 is 0. The number of ether oxygens (including phenoxy) is 2. The molecule has 1 aliphatic carbocycles. The zero-order valence-electron chi connectivity index (χ0n) is 23.2. The van der Waals surface area contributed by atoms with Gasteiger partial charge >= 0.3 is 0 Å². The second-order valence-electron chi connectivity index (χ2n) is 10.8. The molecule has 0 saturated carbocycles. The highest BCUT2D eigenvalue weighted by atomic mass is 16.5. The van der Waals surface area contributed by atoms with E-state index in [0.717, 1.165) is 39.4 Å². The van der Waals surface area contributed by atoms with Gasteiger partial charge in [-0.3, -0.25) is 16.1 Å². The molecule has 1 unspecified atom stereocenters. The Morgan fingerprint density at radius 3 is 1.95 bits per heavy atom. The Hall–Kier alpha value is -5.52. The summed E-state index contributed by atoms with van der Waals surface area (Å²) in [4.78, 5) is 4.78. The van der Waals surface area contributed by atoms with Crippen LogP contribution >= 0.6 is 0 Å². The van der Waals surface area contributed by atoms with E-state index in [4.69, 9.17) is 25.6 Å². The lowest BCUT2D eigenvalue weighted by Gasteiger charge is -2.40. The molecule has 3 N–H and O–H groups in total. The lowest BCUT2D eigenvalue weighted by atomic mass is 9.65. The molecule has 1 atom stereocenters. The minimum absolute atomic E-state index is 0.0335. The van der Waals surface area contributed by atoms with Crippen LogP contribution in [-0.4, -0.2) is 10.9 Å². The van der Waals surface area contributed by atoms with Gasteiger partial charge in [0.15, 0.2) is 6.23 Å². The van der Waals surface area contributed by atoms with Gasteiger partial charge in [0.1, 0.15) is 11.5 Å². The fourth-order valence-corrected chi connectivity index (χ4v) is 6.67. The summed E-state index contributed by atoms with van der Waals surface area (Å²) in [5.74, 6) is 1.58. The van der Waals surface area contributed by atoms with Crippen LogP contribution in [0.5, 0.6) is 11.5 Å². The highest BCUT2D eigenvalue weighted by Crippen LogP contribution is 2.62. The van der Waals surface area contributed by atoms with E-state index >= 15 is 0 Å². The van der Waals surface area contributed by atoms with Gasteiger partial charge in [-0.15, -0.1) is 0 Å². The Balaban J connectivity index is 1.24. The number of hydrogen-bond acceptors (Lipinski definition) is 5. The first-order valence-electron chi connectivity index (χ1n) is 14.3. The largest absolute Gasteiger partial charge is 0.456 e. The van der Waals surface area contributed by atoms with Crippen molar-refractivity contribution in [1.29, 1.82) is 5.41 Å². The van der Waals surface area contributed by atoms with Crippen LogP contribution in [0.25, 0.3) is 22.4 Å². The zero-order chi connectivity index (χ0) is 29.0. The van der Waals surface area contributed by atoms with E-state index in [1.54, 1.807) is 6.20 Å². The average Bonchev–Trinajstić information content (AvgIpc) is 3.36. The fraction of sp³-hybridized carbons (Fsp3) is 0.0526. The van der Waals surface area contributed by atoms with Gasteiger partial charge in [0.2, 0.25) is 5.90 Å². The Morgan fingerprint density at radius 1 is 0.651 bits per heavy atom. The summed E-state index contributed by atoms with van der Waals surface area (Å²) in [6, 6.07) is 45.2. The molecule has 0 saturated heterocycles. The second-order valence-corrected chi connectivity index (χ2v) is 10.8. The maximum Gasteiger partial charge on any atom is 0.216 e. The molecule has 5 heteroatoms. The van der Waals surface area contributed by atoms with Crippen molar-refractivity contribution in [2.75, 3.05) is 0 Å². The van der Waals surface area contributed by atoms with Crippen molar-refractivity contribution in [2.45, 2.75) is 11.6 Å². The van der Waals surface area contributed by atoms with Crippen molar-refractivity contribution in [3.63, 3.8) is 0 Å². The van der Waals surface area contributed by atoms with Gasteiger partial charge in [0.05, 0.1) is 16.7 Å². The minimum atomic E-state index is -0.739. The van der Waals surface area contributed by atoms with Crippen LogP contribution in [0.2, 0.25) is 0 Å². The lowest BCUT2D eigenvalue weighted by Crippen LogP contribution is -2.32. The predicted octanol–water partition coefficient (Wildman–Crippen LogP) is 8.22. The Morgan fingerprint density at radius 2 is 1.26 bits per heavy atom. The summed E-state index contributed by atoms with van der Waals surface area (Å²) in [6.07, 6.45) is 0.915. The first kappa shape index (κ1) is 25.2. The topological polar surface area (TPSA) is 81.2 Å². The van der Waals surface area contributed by atoms with Crippen LogP contribution in [0, 0.1) is 5.41 Å². The number of aromatic nitrogens is 1. The van der Waals surface area contributed by atoms with Crippen molar-refractivity contribution >= 4 is 5.90 Å². The number of rotatable bonds is 4. The van der Waals surface area contributed by atoms with E-state index in [-0.39, 0.29) is 5.90 Å². The summed E-state index contributed by atoms with van der Waals surface area (Å²) < 4.78 is 12.5. The number of para-hydroxylation sites is 2. The minimum Gasteiger partial charge on any atom is -0.456 e. The second kappa shape index (κ2) is 9.79. The maximum atomic E-state index is 8.50. The summed E-state index contributed by atoms with van der Waals surface area (Å²) in [5.41, 5.74) is 15.8. The predicted molar refractivity (Wildman–Crippen MR) is 168 cm³/mol. The average molecular weight is 558 g/mol. The molecule has 5 aromatic carbocycles. The van der Waals surface area contributed by atoms with Crippen LogP contribution in [0.4, 0.5) is 0 Å². The molecule has 0 amide bonds. The van der Waals surface area contributed by atoms with Crippen molar-refractivity contribution in [1.82, 2.24) is 4.98 Å². The Kier molecular flexibility index (Phi) is 5.74. The van der Waals surface area contributed by atoms with Crippen LogP contribution in [-0.2, 0) is 10.2 Å². The highest BCUT2D eigenvalue weighted by Gasteiger charge is 2.51. The Labute approximate surface area is 249 Å². The molecular formula is C38H27N3O2. The van der Waals surface area contributed by atoms with E-state index in [9.17, 15) is 0 Å². The van der Waals surface area contributed by atoms with Crippen molar-refractivity contribution in [2.24, 2.45) is 5.73 Å². The maximum absolute atomic E-state index is 8.50. The van der Waals surface area contributed by atoms with Crippen molar-refractivity contribution < 1.29 is 9.47 Å². The van der Waals surface area contributed by atoms with Gasteiger partial charge in [-0.05, 0) is 46.5 Å². The third kappa shape index (κ3) is 3.75. The molecule has 1 aliphatic heterocycles. The molecule has 1 aromatic heterocycles. The van der Waals surface area contributed by atoms with Gasteiger partial charge in [-0.1, -0.05) is 109 Å². The third-order valence-corrected chi connectivity index (χ3v) is 8.55. The summed E-state index contributed by atoms with van der Waals surface area (Å²) in [7, 11) is 0. The number of fused-ring (bicyclic) bond motifs is 9. The molecule has 0 radical (unpaired) electrons. The number of nitrogens with zero attached hydrogens (tertiary/aromatic N) is 1. The zero-order valence-corrected chi connectivity index (χ0v) is 23.2. The van der Waals surface area contributed by atoms with Gasteiger partial charge in [0.25, 0.3) is 0 Å². The van der Waals surface area contributed by atoms with Gasteiger partial charge in [-0.2, -0.15) is 0 Å². The number of nitrogens with two attached hydrogens (primary N) is 1. The molecule has 5 nitrogen and oxygen atoms in total. The SMILES string of the molecule is N=C(OC(N)c1ccccc1)c1ccc(-c2cccc3c2Oc2ccccc2C32c3ccccc3-c3ccccc32)nc1.